The molecule has 0 aromatic carbocycles. The number of carbonyl (C=O) groups excluding carboxylic acids is 1. The maximum Gasteiger partial charge on any atom is 0.227 e. The molecule has 1 saturated heterocycles. The highest BCUT2D eigenvalue weighted by Crippen LogP contribution is 2.35. The smallest absolute Gasteiger partial charge is 0.227 e. The van der Waals surface area contributed by atoms with E-state index in [0.29, 0.717) is 24.3 Å². The molecule has 1 saturated carbocycles. The summed E-state index contributed by atoms with van der Waals surface area (Å²) in [7, 11) is 0. The van der Waals surface area contributed by atoms with Crippen molar-refractivity contribution in [3.8, 4) is 0 Å². The van der Waals surface area contributed by atoms with E-state index in [1.165, 1.54) is 6.42 Å². The quantitative estimate of drug-likeness (QED) is 0.805. The summed E-state index contributed by atoms with van der Waals surface area (Å²) >= 11 is 0. The van der Waals surface area contributed by atoms with E-state index in [1.807, 2.05) is 13.1 Å². The molecule has 3 heterocycles. The van der Waals surface area contributed by atoms with Gasteiger partial charge in [-0.2, -0.15) is 4.98 Å². The summed E-state index contributed by atoms with van der Waals surface area (Å²) in [5.41, 5.74) is 1.05. The number of aromatic nitrogens is 2. The van der Waals surface area contributed by atoms with E-state index in [1.54, 1.807) is 0 Å². The van der Waals surface area contributed by atoms with Crippen LogP contribution in [0.1, 0.15) is 31.2 Å². The van der Waals surface area contributed by atoms with Crippen molar-refractivity contribution in [2.45, 2.75) is 37.8 Å². The second-order valence-electron chi connectivity index (χ2n) is 5.68. The number of anilines is 2. The molecule has 4 rings (SSSR count). The Hall–Kier alpha value is -1.40. The van der Waals surface area contributed by atoms with Crippen molar-refractivity contribution in [3.63, 3.8) is 0 Å². The molecule has 2 unspecified atom stereocenters. The molecule has 3 aliphatic rings. The van der Waals surface area contributed by atoms with Gasteiger partial charge in [0.2, 0.25) is 11.9 Å². The van der Waals surface area contributed by atoms with E-state index < -0.39 is 0 Å². The molecule has 3 atom stereocenters. The Morgan fingerprint density at radius 3 is 3.15 bits per heavy atom. The molecule has 6 nitrogen and oxygen atoms in total. The average molecular weight is 296 g/mol. The molecule has 1 aromatic heterocycles. The number of nitrogens with one attached hydrogen (secondary N) is 2. The summed E-state index contributed by atoms with van der Waals surface area (Å²) in [6, 6.07) is 1.13. The summed E-state index contributed by atoms with van der Waals surface area (Å²) in [6.45, 7) is 3.95. The van der Waals surface area contributed by atoms with Gasteiger partial charge in [-0.15, -0.1) is 12.4 Å². The number of halogens is 1. The lowest BCUT2D eigenvalue weighted by atomic mass is 9.96. The van der Waals surface area contributed by atoms with E-state index in [9.17, 15) is 4.79 Å². The highest BCUT2D eigenvalue weighted by molar-refractivity contribution is 5.93. The number of hydrogen-bond acceptors (Lipinski definition) is 5. The molecule has 2 N–H and O–H groups in total. The minimum atomic E-state index is 0. The number of rotatable bonds is 1. The van der Waals surface area contributed by atoms with Crippen molar-refractivity contribution in [1.82, 2.24) is 15.3 Å². The standard InChI is InChI=1S/C13H17N5O.ClH/c1-7-4-11(19)16-12-8(7)6-15-13(17-12)18-3-2-14-9-5-10(9)18;/h6-7,9-10,14H,2-5H2,1H3,(H,15,16,17,19);1H/t7-,9?,10?;/m1./s1. The molecule has 0 radical (unpaired) electrons. The average Bonchev–Trinajstić information content (AvgIpc) is 3.16. The van der Waals surface area contributed by atoms with E-state index in [0.717, 1.165) is 24.6 Å². The third-order valence-electron chi connectivity index (χ3n) is 4.26. The van der Waals surface area contributed by atoms with Crippen LogP contribution in [0.2, 0.25) is 0 Å². The van der Waals surface area contributed by atoms with Crippen LogP contribution in [0.15, 0.2) is 6.20 Å². The van der Waals surface area contributed by atoms with Crippen LogP contribution in [0.5, 0.6) is 0 Å². The van der Waals surface area contributed by atoms with E-state index in [2.05, 4.69) is 25.5 Å². The van der Waals surface area contributed by atoms with Gasteiger partial charge >= 0.3 is 0 Å². The van der Waals surface area contributed by atoms with Gasteiger partial charge in [0, 0.05) is 43.4 Å². The van der Waals surface area contributed by atoms with Gasteiger partial charge in [-0.3, -0.25) is 4.79 Å². The van der Waals surface area contributed by atoms with Gasteiger partial charge < -0.3 is 15.5 Å². The van der Waals surface area contributed by atoms with Crippen molar-refractivity contribution in [3.05, 3.63) is 11.8 Å². The summed E-state index contributed by atoms with van der Waals surface area (Å²) in [5.74, 6) is 1.70. The summed E-state index contributed by atoms with van der Waals surface area (Å²) in [5, 5.41) is 6.33. The number of piperazine rings is 1. The van der Waals surface area contributed by atoms with Gasteiger partial charge in [-0.25, -0.2) is 4.98 Å². The monoisotopic (exact) mass is 295 g/mol. The van der Waals surface area contributed by atoms with Crippen LogP contribution in [0, 0.1) is 0 Å². The summed E-state index contributed by atoms with van der Waals surface area (Å²) in [6.07, 6.45) is 3.57. The Morgan fingerprint density at radius 2 is 2.30 bits per heavy atom. The van der Waals surface area contributed by atoms with Crippen LogP contribution in [0.3, 0.4) is 0 Å². The van der Waals surface area contributed by atoms with Gasteiger partial charge in [-0.05, 0) is 12.3 Å². The van der Waals surface area contributed by atoms with Crippen LogP contribution in [0.4, 0.5) is 11.8 Å². The minimum Gasteiger partial charge on any atom is -0.335 e. The normalized spacial score (nSPS) is 30.8. The Morgan fingerprint density at radius 1 is 1.45 bits per heavy atom. The van der Waals surface area contributed by atoms with Crippen LogP contribution in [-0.4, -0.2) is 41.0 Å². The van der Waals surface area contributed by atoms with Gasteiger partial charge in [0.15, 0.2) is 0 Å². The zero-order chi connectivity index (χ0) is 13.0. The maximum atomic E-state index is 11.6. The number of amides is 1. The largest absolute Gasteiger partial charge is 0.335 e. The molecule has 108 valence electrons. The highest BCUT2D eigenvalue weighted by Gasteiger charge is 2.45. The fourth-order valence-electron chi connectivity index (χ4n) is 3.08. The SMILES string of the molecule is C[C@@H]1CC(=O)Nc2nc(N3CCNC4CC43)ncc21.Cl. The second kappa shape index (κ2) is 4.86. The third kappa shape index (κ3) is 2.13. The molecule has 1 amide bonds. The van der Waals surface area contributed by atoms with Crippen LogP contribution in [0.25, 0.3) is 0 Å². The lowest BCUT2D eigenvalue weighted by Gasteiger charge is -2.29. The molecular weight excluding hydrogens is 278 g/mol. The Balaban J connectivity index is 0.00000121. The summed E-state index contributed by atoms with van der Waals surface area (Å²) < 4.78 is 0. The molecule has 20 heavy (non-hydrogen) atoms. The first-order valence-electron chi connectivity index (χ1n) is 6.89. The van der Waals surface area contributed by atoms with Gasteiger partial charge in [0.1, 0.15) is 5.82 Å². The molecule has 0 bridgehead atoms. The number of fused-ring (bicyclic) bond motifs is 2. The first-order valence-corrected chi connectivity index (χ1v) is 6.89. The topological polar surface area (TPSA) is 70.2 Å². The Labute approximate surface area is 123 Å². The van der Waals surface area contributed by atoms with Gasteiger partial charge in [-0.1, -0.05) is 6.92 Å². The highest BCUT2D eigenvalue weighted by atomic mass is 35.5. The van der Waals surface area contributed by atoms with Crippen LogP contribution in [-0.2, 0) is 4.79 Å². The lowest BCUT2D eigenvalue weighted by molar-refractivity contribution is -0.116. The Kier molecular flexibility index (Phi) is 3.30. The van der Waals surface area contributed by atoms with E-state index in [-0.39, 0.29) is 24.2 Å². The maximum absolute atomic E-state index is 11.6. The predicted molar refractivity (Wildman–Crippen MR) is 78.5 cm³/mol. The first-order chi connectivity index (χ1) is 9.22. The van der Waals surface area contributed by atoms with Crippen molar-refractivity contribution in [2.24, 2.45) is 0 Å². The molecule has 0 spiro atoms. The third-order valence-corrected chi connectivity index (χ3v) is 4.26. The molecule has 1 aromatic rings. The van der Waals surface area contributed by atoms with Crippen LogP contribution < -0.4 is 15.5 Å². The van der Waals surface area contributed by atoms with E-state index in [4.69, 9.17) is 0 Å². The minimum absolute atomic E-state index is 0. The fraction of sp³-hybridized carbons (Fsp3) is 0.615. The Bertz CT molecular complexity index is 552. The molecular formula is C13H18ClN5O. The molecule has 2 fully saturated rings. The van der Waals surface area contributed by atoms with Crippen molar-refractivity contribution >= 4 is 30.1 Å². The lowest BCUT2D eigenvalue weighted by Crippen LogP contribution is -2.44. The molecule has 2 aliphatic heterocycles. The van der Waals surface area contributed by atoms with Crippen molar-refractivity contribution in [1.29, 1.82) is 0 Å². The predicted octanol–water partition coefficient (Wildman–Crippen LogP) is 0.895. The molecule has 1 aliphatic carbocycles. The fourth-order valence-corrected chi connectivity index (χ4v) is 3.08. The summed E-state index contributed by atoms with van der Waals surface area (Å²) in [4.78, 5) is 22.9. The second-order valence-corrected chi connectivity index (χ2v) is 5.68. The van der Waals surface area contributed by atoms with Gasteiger partial charge in [0.25, 0.3) is 0 Å². The van der Waals surface area contributed by atoms with E-state index >= 15 is 0 Å². The van der Waals surface area contributed by atoms with Crippen LogP contribution >= 0.6 is 12.4 Å². The zero-order valence-electron chi connectivity index (χ0n) is 11.3. The van der Waals surface area contributed by atoms with Gasteiger partial charge in [0.05, 0.1) is 0 Å². The molecule has 7 heteroatoms. The van der Waals surface area contributed by atoms with Crippen molar-refractivity contribution in [2.75, 3.05) is 23.3 Å². The number of nitrogens with zero attached hydrogens (tertiary/aromatic N) is 3. The zero-order valence-corrected chi connectivity index (χ0v) is 12.1. The first kappa shape index (κ1) is 13.6. The van der Waals surface area contributed by atoms with Crippen molar-refractivity contribution < 1.29 is 4.79 Å². The number of hydrogen-bond donors (Lipinski definition) is 2. The number of carbonyl (C=O) groups is 1.